The molecule has 1 aliphatic rings. The van der Waals surface area contributed by atoms with Gasteiger partial charge in [-0.2, -0.15) is 4.68 Å². The van der Waals surface area contributed by atoms with E-state index in [1.807, 2.05) is 54.1 Å². The van der Waals surface area contributed by atoms with Crippen molar-refractivity contribution in [3.8, 4) is 5.13 Å². The molecule has 0 bridgehead atoms. The molecule has 1 saturated heterocycles. The Balaban J connectivity index is 1.60. The van der Waals surface area contributed by atoms with Crippen LogP contribution in [0.2, 0.25) is 0 Å². The van der Waals surface area contributed by atoms with Crippen molar-refractivity contribution in [2.24, 2.45) is 0 Å². The fourth-order valence-corrected chi connectivity index (χ4v) is 5.68. The molecule has 0 aliphatic carbocycles. The van der Waals surface area contributed by atoms with E-state index in [0.29, 0.717) is 41.4 Å². The molecule has 1 atom stereocenters. The quantitative estimate of drug-likeness (QED) is 0.390. The van der Waals surface area contributed by atoms with Crippen molar-refractivity contribution >= 4 is 32.5 Å². The van der Waals surface area contributed by atoms with Crippen LogP contribution < -0.4 is 11.1 Å². The highest BCUT2D eigenvalue weighted by Gasteiger charge is 2.24. The molecule has 0 radical (unpaired) electrons. The maximum absolute atomic E-state index is 13.9. The van der Waals surface area contributed by atoms with Crippen LogP contribution in [0.4, 0.5) is 0 Å². The van der Waals surface area contributed by atoms with Crippen molar-refractivity contribution in [3.05, 3.63) is 86.8 Å². The Kier molecular flexibility index (Phi) is 5.15. The summed E-state index contributed by atoms with van der Waals surface area (Å²) in [5.41, 5.74) is 2.52. The van der Waals surface area contributed by atoms with Gasteiger partial charge >= 0.3 is 0 Å². The predicted molar refractivity (Wildman–Crippen MR) is 132 cm³/mol. The molecule has 0 spiro atoms. The lowest BCUT2D eigenvalue weighted by Gasteiger charge is -2.15. The summed E-state index contributed by atoms with van der Waals surface area (Å²) in [6, 6.07) is 15.0. The lowest BCUT2D eigenvalue weighted by molar-refractivity contribution is 0.0958. The summed E-state index contributed by atoms with van der Waals surface area (Å²) in [5.74, 6) is 0. The first-order valence-corrected chi connectivity index (χ1v) is 12.2. The van der Waals surface area contributed by atoms with Crippen molar-refractivity contribution in [2.75, 3.05) is 6.61 Å². The van der Waals surface area contributed by atoms with Crippen molar-refractivity contribution in [3.63, 3.8) is 0 Å². The summed E-state index contributed by atoms with van der Waals surface area (Å²) in [5, 5.41) is 1.09. The molecule has 0 unspecified atom stereocenters. The van der Waals surface area contributed by atoms with E-state index in [4.69, 9.17) is 9.72 Å². The highest BCUT2D eigenvalue weighted by atomic mass is 32.1. The van der Waals surface area contributed by atoms with Gasteiger partial charge in [-0.05, 0) is 44.0 Å². The van der Waals surface area contributed by atoms with Crippen LogP contribution in [0.5, 0.6) is 0 Å². The van der Waals surface area contributed by atoms with Gasteiger partial charge in [-0.3, -0.25) is 19.3 Å². The molecule has 0 N–H and O–H groups in total. The first-order valence-electron chi connectivity index (χ1n) is 11.3. The van der Waals surface area contributed by atoms with Gasteiger partial charge in [-0.25, -0.2) is 4.98 Å². The van der Waals surface area contributed by atoms with Crippen LogP contribution in [0.1, 0.15) is 24.2 Å². The summed E-state index contributed by atoms with van der Waals surface area (Å²) in [6.07, 6.45) is 3.63. The van der Waals surface area contributed by atoms with Gasteiger partial charge in [0, 0.05) is 24.6 Å². The van der Waals surface area contributed by atoms with Crippen molar-refractivity contribution in [2.45, 2.75) is 39.0 Å². The molecule has 5 aromatic rings. The number of ether oxygens (including phenoxy) is 1. The molecule has 1 fully saturated rings. The van der Waals surface area contributed by atoms with E-state index < -0.39 is 0 Å². The summed E-state index contributed by atoms with van der Waals surface area (Å²) >= 11 is 1.45. The molecule has 6 rings (SSSR count). The van der Waals surface area contributed by atoms with Gasteiger partial charge in [0.25, 0.3) is 11.1 Å². The van der Waals surface area contributed by atoms with Gasteiger partial charge in [0.15, 0.2) is 0 Å². The van der Waals surface area contributed by atoms with Crippen LogP contribution in [0, 0.1) is 6.92 Å². The number of pyridine rings is 2. The van der Waals surface area contributed by atoms with Gasteiger partial charge in [-0.15, -0.1) is 0 Å². The van der Waals surface area contributed by atoms with Gasteiger partial charge in [0.1, 0.15) is 0 Å². The molecule has 9 heteroatoms. The van der Waals surface area contributed by atoms with Crippen LogP contribution in [0.25, 0.3) is 26.3 Å². The van der Waals surface area contributed by atoms with E-state index in [2.05, 4.69) is 4.98 Å². The minimum Gasteiger partial charge on any atom is -0.376 e. The zero-order valence-corrected chi connectivity index (χ0v) is 19.5. The average molecular weight is 474 g/mol. The van der Waals surface area contributed by atoms with Crippen LogP contribution >= 0.6 is 11.3 Å². The minimum atomic E-state index is -0.191. The molecular formula is C25H23N5O3S. The number of benzene rings is 1. The summed E-state index contributed by atoms with van der Waals surface area (Å²) in [4.78, 5) is 36.3. The van der Waals surface area contributed by atoms with E-state index in [1.165, 1.54) is 11.3 Å². The molecule has 172 valence electrons. The normalized spacial score (nSPS) is 16.1. The average Bonchev–Trinajstić information content (AvgIpc) is 3.56. The number of fused-ring (bicyclic) bond motifs is 2. The standard InChI is InChI=1S/C25H23N5O3S/c1-16-23-20(13-22(31)28(16)15-18-8-6-12-33-18)29(14-17-7-4-5-11-26-17)30(24(23)32)25-27-19-9-2-3-10-21(19)34-25/h2-5,7,9-11,13,18H,6,8,12,14-15H2,1H3/t18-/m1/s1. The lowest BCUT2D eigenvalue weighted by atomic mass is 10.2. The Morgan fingerprint density at radius 1 is 1.15 bits per heavy atom. The second-order valence-corrected chi connectivity index (χ2v) is 9.54. The number of para-hydroxylation sites is 1. The molecule has 0 saturated carbocycles. The number of nitrogens with zero attached hydrogens (tertiary/aromatic N) is 5. The van der Waals surface area contributed by atoms with Crippen molar-refractivity contribution < 1.29 is 4.74 Å². The Hall–Kier alpha value is -3.56. The van der Waals surface area contributed by atoms with Gasteiger partial charge in [-0.1, -0.05) is 29.5 Å². The summed E-state index contributed by atoms with van der Waals surface area (Å²) in [6.45, 7) is 3.34. The monoisotopic (exact) mass is 473 g/mol. The second-order valence-electron chi connectivity index (χ2n) is 8.53. The predicted octanol–water partition coefficient (Wildman–Crippen LogP) is 3.49. The zero-order chi connectivity index (χ0) is 23.2. The molecule has 8 nitrogen and oxygen atoms in total. The molecule has 1 aromatic carbocycles. The number of aromatic nitrogens is 5. The van der Waals surface area contributed by atoms with E-state index in [-0.39, 0.29) is 17.2 Å². The molecule has 1 aliphatic heterocycles. The molecule has 5 heterocycles. The molecule has 34 heavy (non-hydrogen) atoms. The van der Waals surface area contributed by atoms with E-state index in [1.54, 1.807) is 21.5 Å². The molecular weight excluding hydrogens is 450 g/mol. The molecule has 4 aromatic heterocycles. The molecule has 0 amide bonds. The second kappa shape index (κ2) is 8.34. The number of thiazole rings is 1. The topological polar surface area (TPSA) is 83.9 Å². The lowest BCUT2D eigenvalue weighted by Crippen LogP contribution is -2.28. The Morgan fingerprint density at radius 2 is 2.00 bits per heavy atom. The van der Waals surface area contributed by atoms with E-state index >= 15 is 0 Å². The number of aryl methyl sites for hydroxylation is 1. The van der Waals surface area contributed by atoms with Crippen LogP contribution in [-0.2, 0) is 17.8 Å². The SMILES string of the molecule is Cc1c2c(=O)n(-c3nc4ccccc4s3)n(Cc3ccccn3)c2cc(=O)n1C[C@H]1CCCO1. The maximum Gasteiger partial charge on any atom is 0.283 e. The van der Waals surface area contributed by atoms with Gasteiger partial charge in [0.2, 0.25) is 5.13 Å². The fourth-order valence-electron chi connectivity index (χ4n) is 4.70. The first kappa shape index (κ1) is 21.0. The van der Waals surface area contributed by atoms with Gasteiger partial charge in [0.05, 0.1) is 46.0 Å². The van der Waals surface area contributed by atoms with Crippen LogP contribution in [-0.4, -0.2) is 36.6 Å². The van der Waals surface area contributed by atoms with Crippen molar-refractivity contribution in [1.82, 2.24) is 23.9 Å². The fraction of sp³-hybridized carbons (Fsp3) is 0.280. The van der Waals surface area contributed by atoms with E-state index in [9.17, 15) is 9.59 Å². The van der Waals surface area contributed by atoms with Crippen LogP contribution in [0.3, 0.4) is 0 Å². The van der Waals surface area contributed by atoms with Gasteiger partial charge < -0.3 is 9.30 Å². The Morgan fingerprint density at radius 3 is 2.76 bits per heavy atom. The Bertz CT molecular complexity index is 1590. The maximum atomic E-state index is 13.9. The third-order valence-electron chi connectivity index (χ3n) is 6.39. The van der Waals surface area contributed by atoms with E-state index in [0.717, 1.165) is 28.8 Å². The third kappa shape index (κ3) is 3.48. The number of rotatable bonds is 5. The largest absolute Gasteiger partial charge is 0.376 e. The summed E-state index contributed by atoms with van der Waals surface area (Å²) in [7, 11) is 0. The van der Waals surface area contributed by atoms with Crippen molar-refractivity contribution in [1.29, 1.82) is 0 Å². The highest BCUT2D eigenvalue weighted by Crippen LogP contribution is 2.26. The van der Waals surface area contributed by atoms with Crippen LogP contribution in [0.15, 0.2) is 64.3 Å². The zero-order valence-electron chi connectivity index (χ0n) is 18.7. The highest BCUT2D eigenvalue weighted by molar-refractivity contribution is 7.20. The third-order valence-corrected chi connectivity index (χ3v) is 7.40. The number of hydrogen-bond donors (Lipinski definition) is 0. The summed E-state index contributed by atoms with van der Waals surface area (Å²) < 4.78 is 11.8. The first-order chi connectivity index (χ1) is 16.6. The Labute approximate surface area is 198 Å². The minimum absolute atomic E-state index is 0.00376. The number of hydrogen-bond acceptors (Lipinski definition) is 6. The smallest absolute Gasteiger partial charge is 0.283 e.